The van der Waals surface area contributed by atoms with E-state index in [1.54, 1.807) is 13.0 Å². The van der Waals surface area contributed by atoms with E-state index in [4.69, 9.17) is 22.1 Å². The quantitative estimate of drug-likeness (QED) is 0.867. The molecule has 17 heavy (non-hydrogen) atoms. The number of nitrogen functional groups attached to an aromatic ring is 1. The Labute approximate surface area is 103 Å². The van der Waals surface area contributed by atoms with Crippen LogP contribution in [0.4, 0.5) is 10.2 Å². The maximum Gasteiger partial charge on any atom is 0.147 e. The zero-order valence-corrected chi connectivity index (χ0v) is 10.1. The lowest BCUT2D eigenvalue weighted by Gasteiger charge is -2.12. The highest BCUT2D eigenvalue weighted by Crippen LogP contribution is 2.39. The first-order valence-electron chi connectivity index (χ1n) is 4.88. The molecule has 0 bridgehead atoms. The number of nitrogens with one attached hydrogen (secondary N) is 1. The van der Waals surface area contributed by atoms with Crippen molar-refractivity contribution in [1.29, 1.82) is 0 Å². The Morgan fingerprint density at radius 3 is 2.71 bits per heavy atom. The summed E-state index contributed by atoms with van der Waals surface area (Å²) in [4.78, 5) is 0. The van der Waals surface area contributed by atoms with E-state index < -0.39 is 5.82 Å². The lowest BCUT2D eigenvalue weighted by atomic mass is 10.0. The van der Waals surface area contributed by atoms with Gasteiger partial charge in [-0.15, -0.1) is 0 Å². The van der Waals surface area contributed by atoms with Crippen LogP contribution < -0.4 is 10.5 Å². The van der Waals surface area contributed by atoms with Crippen LogP contribution in [0.1, 0.15) is 5.56 Å². The molecule has 6 heteroatoms. The highest BCUT2D eigenvalue weighted by atomic mass is 35.5. The van der Waals surface area contributed by atoms with Crippen molar-refractivity contribution in [2.75, 3.05) is 12.8 Å². The Morgan fingerprint density at radius 1 is 1.47 bits per heavy atom. The fourth-order valence-electron chi connectivity index (χ4n) is 1.68. The summed E-state index contributed by atoms with van der Waals surface area (Å²) in [5.74, 6) is 0.315. The molecule has 0 fully saturated rings. The summed E-state index contributed by atoms with van der Waals surface area (Å²) < 4.78 is 18.8. The van der Waals surface area contributed by atoms with Crippen LogP contribution in [0, 0.1) is 12.7 Å². The maximum absolute atomic E-state index is 13.6. The zero-order chi connectivity index (χ0) is 12.6. The average molecular weight is 256 g/mol. The largest absolute Gasteiger partial charge is 0.494 e. The van der Waals surface area contributed by atoms with E-state index in [9.17, 15) is 4.39 Å². The summed E-state index contributed by atoms with van der Waals surface area (Å²) in [6.45, 7) is 1.64. The van der Waals surface area contributed by atoms with E-state index in [0.29, 0.717) is 28.4 Å². The van der Waals surface area contributed by atoms with Crippen molar-refractivity contribution in [3.8, 4) is 17.0 Å². The van der Waals surface area contributed by atoms with E-state index >= 15 is 0 Å². The molecular formula is C11H11ClFN3O. The highest BCUT2D eigenvalue weighted by molar-refractivity contribution is 6.32. The van der Waals surface area contributed by atoms with Crippen LogP contribution >= 0.6 is 11.6 Å². The summed E-state index contributed by atoms with van der Waals surface area (Å²) >= 11 is 5.93. The standard InChI is InChI=1S/C11H11ClFN3O/c1-5-7(13)3-6(12)11(17-2)10(5)8-4-9(14)16-15-8/h3-4H,1-2H3,(H3,14,15,16). The number of hydrogen-bond acceptors (Lipinski definition) is 3. The van der Waals surface area contributed by atoms with Gasteiger partial charge >= 0.3 is 0 Å². The number of nitrogens with zero attached hydrogens (tertiary/aromatic N) is 1. The van der Waals surface area contributed by atoms with Gasteiger partial charge in [0.25, 0.3) is 0 Å². The van der Waals surface area contributed by atoms with Crippen LogP contribution in [0.2, 0.25) is 5.02 Å². The van der Waals surface area contributed by atoms with Gasteiger partial charge in [-0.25, -0.2) is 4.39 Å². The SMILES string of the molecule is COc1c(Cl)cc(F)c(C)c1-c1cc(N)n[nH]1. The molecule has 4 nitrogen and oxygen atoms in total. The van der Waals surface area contributed by atoms with Gasteiger partial charge < -0.3 is 10.5 Å². The third-order valence-corrected chi connectivity index (χ3v) is 2.78. The molecule has 2 aromatic rings. The van der Waals surface area contributed by atoms with Crippen LogP contribution in [-0.4, -0.2) is 17.3 Å². The minimum Gasteiger partial charge on any atom is -0.494 e. The monoisotopic (exact) mass is 255 g/mol. The number of hydrogen-bond donors (Lipinski definition) is 2. The van der Waals surface area contributed by atoms with Gasteiger partial charge in [0.2, 0.25) is 0 Å². The van der Waals surface area contributed by atoms with Crippen LogP contribution in [0.15, 0.2) is 12.1 Å². The number of rotatable bonds is 2. The number of methoxy groups -OCH3 is 1. The summed E-state index contributed by atoms with van der Waals surface area (Å²) in [7, 11) is 1.47. The van der Waals surface area contributed by atoms with E-state index in [0.717, 1.165) is 0 Å². The second-order valence-electron chi connectivity index (χ2n) is 3.58. The number of nitrogens with two attached hydrogens (primary N) is 1. The fraction of sp³-hybridized carbons (Fsp3) is 0.182. The lowest BCUT2D eigenvalue weighted by Crippen LogP contribution is -1.96. The predicted molar refractivity (Wildman–Crippen MR) is 64.7 cm³/mol. The molecule has 0 aliphatic rings. The number of aromatic amines is 1. The number of anilines is 1. The van der Waals surface area contributed by atoms with Gasteiger partial charge in [0.05, 0.1) is 17.8 Å². The number of H-pyrrole nitrogens is 1. The smallest absolute Gasteiger partial charge is 0.147 e. The molecule has 0 amide bonds. The van der Waals surface area contributed by atoms with Gasteiger partial charge in [0.15, 0.2) is 0 Å². The molecule has 0 atom stereocenters. The molecule has 0 aliphatic heterocycles. The fourth-order valence-corrected chi connectivity index (χ4v) is 1.95. The topological polar surface area (TPSA) is 63.9 Å². The molecule has 0 saturated carbocycles. The Morgan fingerprint density at radius 2 is 2.18 bits per heavy atom. The Hall–Kier alpha value is -1.75. The van der Waals surface area contributed by atoms with Crippen molar-refractivity contribution in [1.82, 2.24) is 10.2 Å². The molecule has 0 radical (unpaired) electrons. The van der Waals surface area contributed by atoms with E-state index in [1.165, 1.54) is 13.2 Å². The van der Waals surface area contributed by atoms with Crippen LogP contribution in [0.25, 0.3) is 11.3 Å². The van der Waals surface area contributed by atoms with Crippen molar-refractivity contribution < 1.29 is 9.13 Å². The molecule has 1 aromatic heterocycles. The first kappa shape index (κ1) is 11.7. The summed E-state index contributed by atoms with van der Waals surface area (Å²) in [6.07, 6.45) is 0. The lowest BCUT2D eigenvalue weighted by molar-refractivity contribution is 0.415. The molecule has 3 N–H and O–H groups in total. The molecule has 0 spiro atoms. The van der Waals surface area contributed by atoms with Crippen molar-refractivity contribution in [2.45, 2.75) is 6.92 Å². The molecule has 0 saturated heterocycles. The third-order valence-electron chi connectivity index (χ3n) is 2.50. The molecular weight excluding hydrogens is 245 g/mol. The van der Waals surface area contributed by atoms with Crippen molar-refractivity contribution in [2.24, 2.45) is 0 Å². The third kappa shape index (κ3) is 1.93. The Balaban J connectivity index is 2.74. The molecule has 0 aliphatic carbocycles. The molecule has 2 rings (SSSR count). The van der Waals surface area contributed by atoms with Crippen LogP contribution in [0.3, 0.4) is 0 Å². The Bertz CT molecular complexity index is 568. The van der Waals surface area contributed by atoms with Crippen molar-refractivity contribution in [3.63, 3.8) is 0 Å². The molecule has 1 heterocycles. The number of halogens is 2. The molecule has 90 valence electrons. The van der Waals surface area contributed by atoms with Crippen LogP contribution in [0.5, 0.6) is 5.75 Å². The maximum atomic E-state index is 13.6. The summed E-state index contributed by atoms with van der Waals surface area (Å²) in [6, 6.07) is 2.82. The minimum absolute atomic E-state index is 0.207. The highest BCUT2D eigenvalue weighted by Gasteiger charge is 2.18. The first-order chi connectivity index (χ1) is 8.04. The van der Waals surface area contributed by atoms with Crippen LogP contribution in [-0.2, 0) is 0 Å². The summed E-state index contributed by atoms with van der Waals surface area (Å²) in [5.41, 5.74) is 7.05. The van der Waals surface area contributed by atoms with Gasteiger partial charge in [-0.2, -0.15) is 5.10 Å². The number of aromatic nitrogens is 2. The second-order valence-corrected chi connectivity index (χ2v) is 3.99. The van der Waals surface area contributed by atoms with Gasteiger partial charge in [-0.05, 0) is 18.6 Å². The zero-order valence-electron chi connectivity index (χ0n) is 9.34. The van der Waals surface area contributed by atoms with Gasteiger partial charge in [0, 0.05) is 11.6 Å². The predicted octanol–water partition coefficient (Wildman–Crippen LogP) is 2.77. The molecule has 1 aromatic carbocycles. The van der Waals surface area contributed by atoms with Gasteiger partial charge in [-0.1, -0.05) is 11.6 Å². The summed E-state index contributed by atoms with van der Waals surface area (Å²) in [5, 5.41) is 6.72. The first-order valence-corrected chi connectivity index (χ1v) is 5.26. The number of benzene rings is 1. The van der Waals surface area contributed by atoms with Gasteiger partial charge in [-0.3, -0.25) is 5.10 Å². The Kier molecular flexibility index (Phi) is 2.93. The normalized spacial score (nSPS) is 10.6. The number of ether oxygens (including phenoxy) is 1. The van der Waals surface area contributed by atoms with Crippen molar-refractivity contribution >= 4 is 17.4 Å². The van der Waals surface area contributed by atoms with E-state index in [-0.39, 0.29) is 5.02 Å². The average Bonchev–Trinajstić information content (AvgIpc) is 2.69. The minimum atomic E-state index is -0.404. The van der Waals surface area contributed by atoms with Crippen molar-refractivity contribution in [3.05, 3.63) is 28.5 Å². The second kappa shape index (κ2) is 4.25. The van der Waals surface area contributed by atoms with E-state index in [2.05, 4.69) is 10.2 Å². The van der Waals surface area contributed by atoms with E-state index in [1.807, 2.05) is 0 Å². The molecule has 0 unspecified atom stereocenters. The van der Waals surface area contributed by atoms with Gasteiger partial charge in [0.1, 0.15) is 17.4 Å².